The maximum Gasteiger partial charge on any atom is 0.305 e. The molecule has 4 heteroatoms. The molecular formula is C32H55NO3. The van der Waals surface area contributed by atoms with Gasteiger partial charge in [0.15, 0.2) is 0 Å². The average Bonchev–Trinajstić information content (AvgIpc) is 2.89. The predicted octanol–water partition coefficient (Wildman–Crippen LogP) is 9.40. The van der Waals surface area contributed by atoms with Gasteiger partial charge in [0, 0.05) is 25.1 Å². The van der Waals surface area contributed by atoms with Crippen molar-refractivity contribution in [2.24, 2.45) is 0 Å². The number of hydrogen-bond acceptors (Lipinski definition) is 3. The quantitative estimate of drug-likeness (QED) is 0.105. The molecule has 1 rings (SSSR count). The van der Waals surface area contributed by atoms with E-state index in [1.807, 2.05) is 35.2 Å². The zero-order valence-electron chi connectivity index (χ0n) is 23.6. The molecule has 0 spiro atoms. The predicted molar refractivity (Wildman–Crippen MR) is 153 cm³/mol. The average molecular weight is 502 g/mol. The van der Waals surface area contributed by atoms with Gasteiger partial charge in [0.1, 0.15) is 0 Å². The molecule has 0 saturated heterocycles. The van der Waals surface area contributed by atoms with Crippen LogP contribution in [0.4, 0.5) is 5.69 Å². The summed E-state index contributed by atoms with van der Waals surface area (Å²) in [6.07, 6.45) is 23.2. The van der Waals surface area contributed by atoms with Crippen molar-refractivity contribution in [3.8, 4) is 0 Å². The number of para-hydroxylation sites is 1. The van der Waals surface area contributed by atoms with Crippen molar-refractivity contribution in [1.29, 1.82) is 0 Å². The molecule has 4 nitrogen and oxygen atoms in total. The Kier molecular flexibility index (Phi) is 21.1. The van der Waals surface area contributed by atoms with E-state index < -0.39 is 0 Å². The van der Waals surface area contributed by atoms with Crippen LogP contribution in [0.2, 0.25) is 0 Å². The van der Waals surface area contributed by atoms with Crippen molar-refractivity contribution in [3.63, 3.8) is 0 Å². The SMILES string of the molecule is CCCCCCCCCCCCCCCCCOC(=O)CCCC(=O)N(CCCC)c1ccccc1. The third-order valence-electron chi connectivity index (χ3n) is 6.89. The number of carbonyl (C=O) groups excluding carboxylic acids is 2. The van der Waals surface area contributed by atoms with Gasteiger partial charge in [-0.05, 0) is 31.4 Å². The molecule has 0 radical (unpaired) electrons. The smallest absolute Gasteiger partial charge is 0.305 e. The first-order valence-corrected chi connectivity index (χ1v) is 15.2. The minimum Gasteiger partial charge on any atom is -0.466 e. The van der Waals surface area contributed by atoms with Crippen LogP contribution in [0.25, 0.3) is 0 Å². The second-order valence-electron chi connectivity index (χ2n) is 10.3. The summed E-state index contributed by atoms with van der Waals surface area (Å²) < 4.78 is 5.38. The summed E-state index contributed by atoms with van der Waals surface area (Å²) in [5, 5.41) is 0. The molecule has 1 aromatic rings. The highest BCUT2D eigenvalue weighted by Gasteiger charge is 2.15. The summed E-state index contributed by atoms with van der Waals surface area (Å²) >= 11 is 0. The molecule has 1 aromatic carbocycles. The van der Waals surface area contributed by atoms with Crippen molar-refractivity contribution >= 4 is 17.6 Å². The molecule has 0 aliphatic carbocycles. The van der Waals surface area contributed by atoms with Gasteiger partial charge in [0.05, 0.1) is 6.61 Å². The van der Waals surface area contributed by atoms with Crippen molar-refractivity contribution < 1.29 is 14.3 Å². The highest BCUT2D eigenvalue weighted by atomic mass is 16.5. The van der Waals surface area contributed by atoms with Crippen LogP contribution in [0, 0.1) is 0 Å². The van der Waals surface area contributed by atoms with Gasteiger partial charge in [-0.25, -0.2) is 0 Å². The summed E-state index contributed by atoms with van der Waals surface area (Å²) in [6, 6.07) is 9.81. The molecule has 0 aromatic heterocycles. The van der Waals surface area contributed by atoms with Gasteiger partial charge in [-0.3, -0.25) is 9.59 Å². The Labute approximate surface area is 222 Å². The highest BCUT2D eigenvalue weighted by molar-refractivity contribution is 5.93. The fourth-order valence-electron chi connectivity index (χ4n) is 4.57. The van der Waals surface area contributed by atoms with E-state index in [-0.39, 0.29) is 11.9 Å². The second kappa shape index (κ2) is 23.6. The van der Waals surface area contributed by atoms with Crippen LogP contribution in [0.5, 0.6) is 0 Å². The molecule has 0 aliphatic rings. The number of hydrogen-bond donors (Lipinski definition) is 0. The van der Waals surface area contributed by atoms with E-state index >= 15 is 0 Å². The van der Waals surface area contributed by atoms with Crippen LogP contribution in [0.15, 0.2) is 30.3 Å². The third kappa shape index (κ3) is 17.6. The Morgan fingerprint density at radius 3 is 1.64 bits per heavy atom. The molecule has 0 N–H and O–H groups in total. The molecule has 0 fully saturated rings. The molecule has 0 bridgehead atoms. The monoisotopic (exact) mass is 501 g/mol. The summed E-state index contributed by atoms with van der Waals surface area (Å²) in [7, 11) is 0. The number of rotatable bonds is 24. The number of carbonyl (C=O) groups is 2. The molecule has 0 unspecified atom stereocenters. The van der Waals surface area contributed by atoms with E-state index in [1.54, 1.807) is 0 Å². The van der Waals surface area contributed by atoms with E-state index in [1.165, 1.54) is 83.5 Å². The summed E-state index contributed by atoms with van der Waals surface area (Å²) in [4.78, 5) is 26.6. The molecule has 0 aliphatic heterocycles. The van der Waals surface area contributed by atoms with E-state index in [0.717, 1.165) is 37.9 Å². The van der Waals surface area contributed by atoms with Crippen LogP contribution in [0.3, 0.4) is 0 Å². The van der Waals surface area contributed by atoms with Crippen LogP contribution < -0.4 is 4.90 Å². The zero-order valence-corrected chi connectivity index (χ0v) is 23.6. The van der Waals surface area contributed by atoms with Crippen LogP contribution >= 0.6 is 0 Å². The second-order valence-corrected chi connectivity index (χ2v) is 10.3. The Morgan fingerprint density at radius 2 is 1.11 bits per heavy atom. The number of amides is 1. The van der Waals surface area contributed by atoms with Crippen molar-refractivity contribution in [3.05, 3.63) is 30.3 Å². The Hall–Kier alpha value is -1.84. The van der Waals surface area contributed by atoms with Crippen molar-refractivity contribution in [1.82, 2.24) is 0 Å². The first-order chi connectivity index (χ1) is 17.7. The minimum absolute atomic E-state index is 0.0878. The van der Waals surface area contributed by atoms with Crippen LogP contribution in [-0.4, -0.2) is 25.0 Å². The number of anilines is 1. The minimum atomic E-state index is -0.173. The number of nitrogens with zero attached hydrogens (tertiary/aromatic N) is 1. The number of ether oxygens (including phenoxy) is 1. The number of benzene rings is 1. The molecule has 0 heterocycles. The Balaban J connectivity index is 1.96. The summed E-state index contributed by atoms with van der Waals surface area (Å²) in [5.41, 5.74) is 0.937. The Morgan fingerprint density at radius 1 is 0.611 bits per heavy atom. The van der Waals surface area contributed by atoms with E-state index in [4.69, 9.17) is 4.74 Å². The van der Waals surface area contributed by atoms with Gasteiger partial charge < -0.3 is 9.64 Å². The van der Waals surface area contributed by atoms with Gasteiger partial charge in [0.25, 0.3) is 0 Å². The van der Waals surface area contributed by atoms with E-state index in [2.05, 4.69) is 13.8 Å². The normalized spacial score (nSPS) is 10.9. The standard InChI is InChI=1S/C32H55NO3/c1-3-5-7-8-9-10-11-12-13-14-15-16-17-18-22-29-36-32(35)27-23-26-31(34)33(28-6-4-2)30-24-20-19-21-25-30/h19-21,24-25H,3-18,22-23,26-29H2,1-2H3. The zero-order chi connectivity index (χ0) is 26.1. The fraction of sp³-hybridized carbons (Fsp3) is 0.750. The van der Waals surface area contributed by atoms with E-state index in [9.17, 15) is 9.59 Å². The lowest BCUT2D eigenvalue weighted by atomic mass is 10.0. The van der Waals surface area contributed by atoms with E-state index in [0.29, 0.717) is 25.9 Å². The maximum atomic E-state index is 12.7. The lowest BCUT2D eigenvalue weighted by molar-refractivity contribution is -0.143. The number of unbranched alkanes of at least 4 members (excludes halogenated alkanes) is 15. The lowest BCUT2D eigenvalue weighted by Gasteiger charge is -2.22. The van der Waals surface area contributed by atoms with Gasteiger partial charge in [-0.1, -0.05) is 128 Å². The first-order valence-electron chi connectivity index (χ1n) is 15.2. The molecule has 0 atom stereocenters. The molecule has 36 heavy (non-hydrogen) atoms. The first kappa shape index (κ1) is 32.2. The lowest BCUT2D eigenvalue weighted by Crippen LogP contribution is -2.31. The fourth-order valence-corrected chi connectivity index (χ4v) is 4.57. The highest BCUT2D eigenvalue weighted by Crippen LogP contribution is 2.17. The third-order valence-corrected chi connectivity index (χ3v) is 6.89. The summed E-state index contributed by atoms with van der Waals surface area (Å²) in [5.74, 6) is -0.0853. The van der Waals surface area contributed by atoms with Crippen molar-refractivity contribution in [2.45, 2.75) is 142 Å². The van der Waals surface area contributed by atoms with Gasteiger partial charge >= 0.3 is 5.97 Å². The topological polar surface area (TPSA) is 46.6 Å². The molecule has 1 amide bonds. The van der Waals surface area contributed by atoms with Crippen LogP contribution in [0.1, 0.15) is 142 Å². The van der Waals surface area contributed by atoms with Gasteiger partial charge in [-0.15, -0.1) is 0 Å². The van der Waals surface area contributed by atoms with Gasteiger partial charge in [-0.2, -0.15) is 0 Å². The van der Waals surface area contributed by atoms with Crippen molar-refractivity contribution in [2.75, 3.05) is 18.1 Å². The van der Waals surface area contributed by atoms with Gasteiger partial charge in [0.2, 0.25) is 5.91 Å². The summed E-state index contributed by atoms with van der Waals surface area (Å²) in [6.45, 7) is 5.64. The molecular weight excluding hydrogens is 446 g/mol. The molecule has 206 valence electrons. The molecule has 0 saturated carbocycles. The largest absolute Gasteiger partial charge is 0.466 e. The number of esters is 1. The van der Waals surface area contributed by atoms with Crippen LogP contribution in [-0.2, 0) is 14.3 Å². The maximum absolute atomic E-state index is 12.7. The Bertz CT molecular complexity index is 646.